The Bertz CT molecular complexity index is 855. The predicted molar refractivity (Wildman–Crippen MR) is 194 cm³/mol. The van der Waals surface area contributed by atoms with Crippen LogP contribution in [0.3, 0.4) is 0 Å². The van der Waals surface area contributed by atoms with Crippen LogP contribution in [-0.4, -0.2) is 73.4 Å². The van der Waals surface area contributed by atoms with Crippen molar-refractivity contribution in [1.29, 1.82) is 0 Å². The molecular weight excluding hydrogens is 599 g/mol. The van der Waals surface area contributed by atoms with E-state index in [-0.39, 0.29) is 19.1 Å². The highest BCUT2D eigenvalue weighted by Gasteiger charge is 2.27. The molecule has 1 amide bonds. The number of phosphoric acid groups is 1. The van der Waals surface area contributed by atoms with E-state index in [0.29, 0.717) is 17.4 Å². The van der Waals surface area contributed by atoms with E-state index in [4.69, 9.17) is 9.05 Å². The Hall–Kier alpha value is -1.28. The topological polar surface area (TPSA) is 105 Å². The maximum atomic E-state index is 12.7. The van der Waals surface area contributed by atoms with Crippen molar-refractivity contribution in [2.45, 2.75) is 154 Å². The molecule has 3 atom stereocenters. The third-order valence-corrected chi connectivity index (χ3v) is 8.82. The lowest BCUT2D eigenvalue weighted by molar-refractivity contribution is -0.870. The highest BCUT2D eigenvalue weighted by Crippen LogP contribution is 2.43. The average molecular weight is 672 g/mol. The lowest BCUT2D eigenvalue weighted by Gasteiger charge is -2.25. The summed E-state index contributed by atoms with van der Waals surface area (Å²) >= 11 is 0. The van der Waals surface area contributed by atoms with E-state index in [9.17, 15) is 19.4 Å². The van der Waals surface area contributed by atoms with Crippen LogP contribution >= 0.6 is 7.82 Å². The molecule has 0 heterocycles. The summed E-state index contributed by atoms with van der Waals surface area (Å²) in [6.07, 6.45) is 33.5. The highest BCUT2D eigenvalue weighted by molar-refractivity contribution is 7.47. The monoisotopic (exact) mass is 672 g/mol. The van der Waals surface area contributed by atoms with Gasteiger partial charge in [-0.25, -0.2) is 4.57 Å². The van der Waals surface area contributed by atoms with Crippen molar-refractivity contribution in [3.8, 4) is 0 Å². The molecule has 0 saturated heterocycles. The number of aliphatic hydroxyl groups is 1. The van der Waals surface area contributed by atoms with Gasteiger partial charge in [0, 0.05) is 6.42 Å². The van der Waals surface area contributed by atoms with Gasteiger partial charge in [-0.15, -0.1) is 0 Å². The number of aliphatic hydroxyl groups excluding tert-OH is 1. The van der Waals surface area contributed by atoms with E-state index in [2.05, 4.69) is 43.5 Å². The lowest BCUT2D eigenvalue weighted by atomic mass is 10.1. The van der Waals surface area contributed by atoms with Gasteiger partial charge in [-0.3, -0.25) is 13.8 Å². The largest absolute Gasteiger partial charge is 0.472 e. The van der Waals surface area contributed by atoms with Crippen LogP contribution in [0.5, 0.6) is 0 Å². The number of rotatable bonds is 32. The second-order valence-corrected chi connectivity index (χ2v) is 15.0. The molecule has 0 spiro atoms. The first kappa shape index (κ1) is 44.7. The fourth-order valence-electron chi connectivity index (χ4n) is 4.81. The normalized spacial score (nSPS) is 15.2. The molecule has 0 bridgehead atoms. The van der Waals surface area contributed by atoms with Crippen LogP contribution in [0.4, 0.5) is 0 Å². The van der Waals surface area contributed by atoms with Crippen molar-refractivity contribution in [3.05, 3.63) is 36.5 Å². The summed E-state index contributed by atoms with van der Waals surface area (Å²) in [5.74, 6) is -0.201. The van der Waals surface area contributed by atoms with E-state index < -0.39 is 20.0 Å². The number of hydrogen-bond acceptors (Lipinski definition) is 5. The average Bonchev–Trinajstić information content (AvgIpc) is 2.99. The fourth-order valence-corrected chi connectivity index (χ4v) is 5.55. The van der Waals surface area contributed by atoms with Crippen LogP contribution in [0.25, 0.3) is 0 Å². The molecule has 46 heavy (non-hydrogen) atoms. The minimum Gasteiger partial charge on any atom is -0.387 e. The number of carbonyl (C=O) groups excluding carboxylic acids is 1. The van der Waals surface area contributed by atoms with E-state index >= 15 is 0 Å². The first-order valence-corrected chi connectivity index (χ1v) is 19.9. The summed E-state index contributed by atoms with van der Waals surface area (Å²) in [5.41, 5.74) is 0. The van der Waals surface area contributed by atoms with Crippen LogP contribution in [0, 0.1) is 0 Å². The first-order chi connectivity index (χ1) is 22.0. The van der Waals surface area contributed by atoms with Crippen LogP contribution in [0.15, 0.2) is 36.5 Å². The number of amides is 1. The van der Waals surface area contributed by atoms with E-state index in [1.807, 2.05) is 27.2 Å². The number of hydrogen-bond donors (Lipinski definition) is 3. The fraction of sp³-hybridized carbons (Fsp3) is 0.811. The zero-order chi connectivity index (χ0) is 34.4. The smallest absolute Gasteiger partial charge is 0.387 e. The number of carbonyl (C=O) groups is 1. The van der Waals surface area contributed by atoms with Crippen LogP contribution in [-0.2, 0) is 18.4 Å². The van der Waals surface area contributed by atoms with Crippen LogP contribution in [0.1, 0.15) is 142 Å². The summed E-state index contributed by atoms with van der Waals surface area (Å²) in [7, 11) is 1.54. The van der Waals surface area contributed by atoms with Gasteiger partial charge in [0.15, 0.2) is 0 Å². The van der Waals surface area contributed by atoms with Gasteiger partial charge in [0.1, 0.15) is 13.2 Å². The Morgan fingerprint density at radius 1 is 0.717 bits per heavy atom. The van der Waals surface area contributed by atoms with Crippen LogP contribution in [0.2, 0.25) is 0 Å². The van der Waals surface area contributed by atoms with Crippen molar-refractivity contribution in [2.24, 2.45) is 0 Å². The van der Waals surface area contributed by atoms with E-state index in [1.165, 1.54) is 70.6 Å². The van der Waals surface area contributed by atoms with Gasteiger partial charge in [-0.05, 0) is 57.8 Å². The molecule has 0 aromatic heterocycles. The predicted octanol–water partition coefficient (Wildman–Crippen LogP) is 9.18. The Kier molecular flexibility index (Phi) is 29.0. The number of nitrogens with zero attached hydrogens (tertiary/aromatic N) is 1. The standard InChI is InChI=1S/C37H71N2O6P/c1-6-8-10-12-14-16-18-20-22-24-26-28-30-36(40)35(34-45-46(42,43)44-33-32-39(3,4)5)38-37(41)31-29-27-25-23-21-19-17-15-13-11-9-7-2/h15,17,20,22,28,30,35-36,40H,6-14,16,18-19,21,23-27,29,31-34H2,1-5H3,(H-,38,41,42,43)/p+1/b17-15-,22-20+,30-28+. The molecule has 0 rings (SSSR count). The van der Waals surface area contributed by atoms with Gasteiger partial charge in [0.2, 0.25) is 5.91 Å². The minimum absolute atomic E-state index is 0.0539. The minimum atomic E-state index is -4.33. The molecule has 0 radical (unpaired) electrons. The van der Waals surface area contributed by atoms with Gasteiger partial charge < -0.3 is 19.8 Å². The molecule has 0 saturated carbocycles. The molecule has 0 aliphatic rings. The summed E-state index contributed by atoms with van der Waals surface area (Å²) in [4.78, 5) is 22.9. The first-order valence-electron chi connectivity index (χ1n) is 18.4. The van der Waals surface area contributed by atoms with Crippen molar-refractivity contribution in [1.82, 2.24) is 5.32 Å². The molecule has 3 N–H and O–H groups in total. The number of quaternary nitrogens is 1. The Morgan fingerprint density at radius 3 is 1.78 bits per heavy atom. The number of phosphoric ester groups is 1. The van der Waals surface area contributed by atoms with E-state index in [1.54, 1.807) is 6.08 Å². The molecule has 0 aliphatic heterocycles. The molecule has 8 nitrogen and oxygen atoms in total. The van der Waals surface area contributed by atoms with Crippen molar-refractivity contribution in [2.75, 3.05) is 40.9 Å². The molecule has 0 aliphatic carbocycles. The summed E-state index contributed by atoms with van der Waals surface area (Å²) in [5, 5.41) is 13.7. The van der Waals surface area contributed by atoms with Gasteiger partial charge >= 0.3 is 7.82 Å². The Balaban J connectivity index is 4.65. The maximum Gasteiger partial charge on any atom is 0.472 e. The van der Waals surface area contributed by atoms with E-state index in [0.717, 1.165) is 51.4 Å². The number of likely N-dealkylation sites (N-methyl/N-ethyl adjacent to an activating group) is 1. The quantitative estimate of drug-likeness (QED) is 0.0285. The highest BCUT2D eigenvalue weighted by atomic mass is 31.2. The van der Waals surface area contributed by atoms with Crippen LogP contribution < -0.4 is 5.32 Å². The number of unbranched alkanes of at least 4 members (excludes halogenated alkanes) is 15. The summed E-state index contributed by atoms with van der Waals surface area (Å²) in [6.45, 7) is 4.71. The van der Waals surface area contributed by atoms with Gasteiger partial charge in [-0.1, -0.05) is 115 Å². The number of allylic oxidation sites excluding steroid dienone is 5. The van der Waals surface area contributed by atoms with Gasteiger partial charge in [0.25, 0.3) is 0 Å². The molecule has 9 heteroatoms. The van der Waals surface area contributed by atoms with Gasteiger partial charge in [0.05, 0.1) is 39.9 Å². The number of nitrogens with one attached hydrogen (secondary N) is 1. The zero-order valence-corrected chi connectivity index (χ0v) is 31.2. The third-order valence-electron chi connectivity index (χ3n) is 7.83. The Morgan fingerprint density at radius 2 is 1.20 bits per heavy atom. The second kappa shape index (κ2) is 29.8. The molecule has 0 aromatic rings. The summed E-state index contributed by atoms with van der Waals surface area (Å²) < 4.78 is 23.4. The zero-order valence-electron chi connectivity index (χ0n) is 30.3. The summed E-state index contributed by atoms with van der Waals surface area (Å²) in [6, 6.07) is -0.862. The SMILES string of the molecule is CCCCC/C=C\CCCCCCCC(=O)NC(COP(=O)(O)OCC[N+](C)(C)C)C(O)/C=C/CC/C=C/CCCCCCCC. The molecule has 3 unspecified atom stereocenters. The maximum absolute atomic E-state index is 12.7. The Labute approximate surface area is 283 Å². The third kappa shape index (κ3) is 31.3. The molecule has 0 aromatic carbocycles. The molecule has 270 valence electrons. The molecule has 0 fully saturated rings. The van der Waals surface area contributed by atoms with Crippen molar-refractivity contribution >= 4 is 13.7 Å². The lowest BCUT2D eigenvalue weighted by Crippen LogP contribution is -2.45. The van der Waals surface area contributed by atoms with Gasteiger partial charge in [-0.2, -0.15) is 0 Å². The van der Waals surface area contributed by atoms with Crippen molar-refractivity contribution < 1.29 is 32.9 Å². The molecular formula is C37H72N2O6P+. The van der Waals surface area contributed by atoms with Crippen molar-refractivity contribution in [3.63, 3.8) is 0 Å². The second-order valence-electron chi connectivity index (χ2n) is 13.6.